The minimum Gasteiger partial charge on any atom is -0.369 e. The van der Waals surface area contributed by atoms with Gasteiger partial charge in [0.25, 0.3) is 5.91 Å². The Morgan fingerprint density at radius 1 is 0.927 bits per heavy atom. The molecule has 9 nitrogen and oxygen atoms in total. The number of nitrogens with zero attached hydrogens (tertiary/aromatic N) is 3. The topological polar surface area (TPSA) is 110 Å². The lowest BCUT2D eigenvalue weighted by Crippen LogP contribution is -2.63. The fourth-order valence-corrected chi connectivity index (χ4v) is 5.86. The second-order valence-electron chi connectivity index (χ2n) is 12.5. The lowest BCUT2D eigenvalue weighted by molar-refractivity contribution is -0.180. The SMILES string of the molecule is CC(C)CCN(CCC(O)(Cc1ccccc1)N(NC(=O)CN(C)C)C(=O)CC(C)(C)C)S(=O)(=O)c1ccccc1. The third kappa shape index (κ3) is 11.2. The van der Waals surface area contributed by atoms with Crippen molar-refractivity contribution < 1.29 is 23.1 Å². The van der Waals surface area contributed by atoms with Crippen LogP contribution >= 0.6 is 0 Å². The van der Waals surface area contributed by atoms with Crippen LogP contribution in [0.3, 0.4) is 0 Å². The number of hydrazine groups is 1. The largest absolute Gasteiger partial charge is 0.369 e. The first-order valence-electron chi connectivity index (χ1n) is 14.1. The van der Waals surface area contributed by atoms with E-state index in [1.807, 2.05) is 65.0 Å². The van der Waals surface area contributed by atoms with Crippen LogP contribution in [-0.4, -0.2) is 79.0 Å². The standard InChI is InChI=1S/C31H48N4O5S/c1-25(2)18-20-34(41(39,40)27-16-12-9-13-17-27)21-19-31(38,22-26-14-10-8-11-15-26)35(29(37)23-30(3,4)5)32-28(36)24-33(6)7/h8-17,25,38H,18-24H2,1-7H3,(H,32,36). The summed E-state index contributed by atoms with van der Waals surface area (Å²) in [6.45, 7) is 9.95. The molecule has 0 spiro atoms. The summed E-state index contributed by atoms with van der Waals surface area (Å²) in [4.78, 5) is 28.5. The quantitative estimate of drug-likeness (QED) is 0.256. The number of amides is 2. The second kappa shape index (κ2) is 14.9. The van der Waals surface area contributed by atoms with E-state index in [0.717, 1.165) is 10.6 Å². The van der Waals surface area contributed by atoms with Gasteiger partial charge in [-0.15, -0.1) is 0 Å². The molecule has 0 aliphatic carbocycles. The number of hydrogen-bond acceptors (Lipinski definition) is 6. The van der Waals surface area contributed by atoms with Crippen molar-refractivity contribution in [1.82, 2.24) is 19.6 Å². The Hall–Kier alpha value is -2.79. The zero-order valence-corrected chi connectivity index (χ0v) is 26.4. The zero-order chi connectivity index (χ0) is 30.8. The van der Waals surface area contributed by atoms with Gasteiger partial charge in [0.2, 0.25) is 15.9 Å². The maximum Gasteiger partial charge on any atom is 0.252 e. The van der Waals surface area contributed by atoms with E-state index < -0.39 is 33.0 Å². The lowest BCUT2D eigenvalue weighted by atomic mass is 9.90. The minimum atomic E-state index is -3.88. The first kappa shape index (κ1) is 34.4. The van der Waals surface area contributed by atoms with Gasteiger partial charge >= 0.3 is 0 Å². The highest BCUT2D eigenvalue weighted by atomic mass is 32.2. The van der Waals surface area contributed by atoms with E-state index in [2.05, 4.69) is 5.43 Å². The number of carbonyl (C=O) groups is 2. The number of benzene rings is 2. The van der Waals surface area contributed by atoms with Crippen molar-refractivity contribution in [1.29, 1.82) is 0 Å². The van der Waals surface area contributed by atoms with Crippen molar-refractivity contribution in [2.45, 2.75) is 70.9 Å². The summed E-state index contributed by atoms with van der Waals surface area (Å²) in [5.41, 5.74) is 1.07. The highest BCUT2D eigenvalue weighted by Gasteiger charge is 2.41. The van der Waals surface area contributed by atoms with Crippen LogP contribution < -0.4 is 5.43 Å². The van der Waals surface area contributed by atoms with Gasteiger partial charge in [0.05, 0.1) is 11.4 Å². The summed E-state index contributed by atoms with van der Waals surface area (Å²) >= 11 is 0. The van der Waals surface area contributed by atoms with Crippen LogP contribution in [0.15, 0.2) is 65.6 Å². The van der Waals surface area contributed by atoms with Gasteiger partial charge in [0, 0.05) is 32.4 Å². The molecule has 1 atom stereocenters. The molecule has 0 saturated carbocycles. The summed E-state index contributed by atoms with van der Waals surface area (Å²) in [6, 6.07) is 17.4. The normalized spacial score (nSPS) is 13.8. The maximum absolute atomic E-state index is 13.7. The fourth-order valence-electron chi connectivity index (χ4n) is 4.38. The molecule has 1 unspecified atom stereocenters. The molecule has 2 rings (SSSR count). The molecule has 2 N–H and O–H groups in total. The molecule has 0 heterocycles. The Bertz CT molecular complexity index is 1210. The first-order chi connectivity index (χ1) is 19.0. The molecule has 0 aromatic heterocycles. The Labute approximate surface area is 246 Å². The van der Waals surface area contributed by atoms with Crippen LogP contribution in [-0.2, 0) is 26.0 Å². The van der Waals surface area contributed by atoms with Crippen LogP contribution in [0.5, 0.6) is 0 Å². The molecule has 0 fully saturated rings. The van der Waals surface area contributed by atoms with Crippen LogP contribution in [0.25, 0.3) is 0 Å². The summed E-state index contributed by atoms with van der Waals surface area (Å²) < 4.78 is 28.8. The Morgan fingerprint density at radius 2 is 1.49 bits per heavy atom. The van der Waals surface area contributed by atoms with Crippen molar-refractivity contribution >= 4 is 21.8 Å². The van der Waals surface area contributed by atoms with Crippen molar-refractivity contribution in [2.75, 3.05) is 33.7 Å². The molecular weight excluding hydrogens is 540 g/mol. The maximum atomic E-state index is 13.7. The van der Waals surface area contributed by atoms with Gasteiger partial charge < -0.3 is 10.0 Å². The molecule has 0 aliphatic rings. The first-order valence-corrected chi connectivity index (χ1v) is 15.6. The highest BCUT2D eigenvalue weighted by molar-refractivity contribution is 7.89. The summed E-state index contributed by atoms with van der Waals surface area (Å²) in [7, 11) is -0.413. The molecule has 0 bridgehead atoms. The average Bonchev–Trinajstić information content (AvgIpc) is 2.86. The molecular formula is C31H48N4O5S. The number of carbonyl (C=O) groups excluding carboxylic acids is 2. The number of likely N-dealkylation sites (N-methyl/N-ethyl adjacent to an activating group) is 1. The van der Waals surface area contributed by atoms with Crippen molar-refractivity contribution in [2.24, 2.45) is 11.3 Å². The molecule has 2 aromatic rings. The van der Waals surface area contributed by atoms with Crippen LogP contribution in [0.4, 0.5) is 0 Å². The van der Waals surface area contributed by atoms with Gasteiger partial charge in [0.1, 0.15) is 0 Å². The Balaban J connectivity index is 2.54. The van der Waals surface area contributed by atoms with E-state index in [4.69, 9.17) is 0 Å². The average molecular weight is 589 g/mol. The van der Waals surface area contributed by atoms with Crippen LogP contribution in [0.2, 0.25) is 0 Å². The summed E-state index contributed by atoms with van der Waals surface area (Å²) in [5.74, 6) is -0.665. The lowest BCUT2D eigenvalue weighted by Gasteiger charge is -2.42. The van der Waals surface area contributed by atoms with E-state index in [1.165, 1.54) is 4.31 Å². The third-order valence-corrected chi connectivity index (χ3v) is 8.38. The van der Waals surface area contributed by atoms with E-state index >= 15 is 0 Å². The van der Waals surface area contributed by atoms with Crippen molar-refractivity contribution in [3.8, 4) is 0 Å². The van der Waals surface area contributed by atoms with Gasteiger partial charge in [0.15, 0.2) is 5.72 Å². The Morgan fingerprint density at radius 3 is 2.00 bits per heavy atom. The summed E-state index contributed by atoms with van der Waals surface area (Å²) in [5, 5.41) is 13.3. The second-order valence-corrected chi connectivity index (χ2v) is 14.5. The van der Waals surface area contributed by atoms with Crippen molar-refractivity contribution in [3.63, 3.8) is 0 Å². The number of rotatable bonds is 14. The number of sulfonamides is 1. The number of aliphatic hydroxyl groups is 1. The predicted molar refractivity (Wildman–Crippen MR) is 162 cm³/mol. The Kier molecular flexibility index (Phi) is 12.5. The minimum absolute atomic E-state index is 0.00359. The highest BCUT2D eigenvalue weighted by Crippen LogP contribution is 2.28. The van der Waals surface area contributed by atoms with Gasteiger partial charge in [-0.2, -0.15) is 4.31 Å². The number of nitrogens with one attached hydrogen (secondary N) is 1. The predicted octanol–water partition coefficient (Wildman–Crippen LogP) is 3.90. The van der Waals surface area contributed by atoms with Crippen LogP contribution in [0.1, 0.15) is 59.4 Å². The van der Waals surface area contributed by atoms with Crippen LogP contribution in [0, 0.1) is 11.3 Å². The number of hydrogen-bond donors (Lipinski definition) is 2. The van der Waals surface area contributed by atoms with Gasteiger partial charge in [-0.25, -0.2) is 13.4 Å². The molecule has 41 heavy (non-hydrogen) atoms. The molecule has 2 amide bonds. The molecule has 0 saturated heterocycles. The molecule has 10 heteroatoms. The van der Waals surface area contributed by atoms with E-state index in [1.54, 1.807) is 49.3 Å². The zero-order valence-electron chi connectivity index (χ0n) is 25.6. The van der Waals surface area contributed by atoms with E-state index in [0.29, 0.717) is 6.42 Å². The smallest absolute Gasteiger partial charge is 0.252 e. The third-order valence-electron chi connectivity index (χ3n) is 6.47. The molecule has 2 aromatic carbocycles. The fraction of sp³-hybridized carbons (Fsp3) is 0.548. The summed E-state index contributed by atoms with van der Waals surface area (Å²) in [6.07, 6.45) is 0.556. The van der Waals surface area contributed by atoms with E-state index in [9.17, 15) is 23.1 Å². The van der Waals surface area contributed by atoms with Crippen molar-refractivity contribution in [3.05, 3.63) is 66.2 Å². The monoisotopic (exact) mass is 588 g/mol. The van der Waals surface area contributed by atoms with E-state index in [-0.39, 0.29) is 49.7 Å². The van der Waals surface area contributed by atoms with Gasteiger partial charge in [-0.3, -0.25) is 15.0 Å². The molecule has 228 valence electrons. The molecule has 0 radical (unpaired) electrons. The van der Waals surface area contributed by atoms with Gasteiger partial charge in [-0.1, -0.05) is 83.1 Å². The molecule has 0 aliphatic heterocycles. The van der Waals surface area contributed by atoms with Gasteiger partial charge in [-0.05, 0) is 49.5 Å².